The first-order valence-corrected chi connectivity index (χ1v) is 5.17. The van der Waals surface area contributed by atoms with Crippen molar-refractivity contribution in [3.8, 4) is 0 Å². The Balaban J connectivity index is 0. The predicted octanol–water partition coefficient (Wildman–Crippen LogP) is -2.30. The van der Waals surface area contributed by atoms with Gasteiger partial charge in [-0.2, -0.15) is 0 Å². The van der Waals surface area contributed by atoms with E-state index in [1.807, 2.05) is 0 Å². The fourth-order valence-corrected chi connectivity index (χ4v) is 0. The van der Waals surface area contributed by atoms with Gasteiger partial charge in [-0.15, -0.1) is 0 Å². The summed E-state index contributed by atoms with van der Waals surface area (Å²) >= 11 is -4.62. The van der Waals surface area contributed by atoms with Gasteiger partial charge in [0.2, 0.25) is 0 Å². The fourth-order valence-electron chi connectivity index (χ4n) is 0. The Morgan fingerprint density at radius 2 is 1.50 bits per heavy atom. The molecule has 0 bridgehead atoms. The van der Waals surface area contributed by atoms with E-state index in [0.717, 1.165) is 0 Å². The summed E-state index contributed by atoms with van der Waals surface area (Å²) in [6, 6.07) is 0. The minimum Gasteiger partial charge on any atom is 0 e. The van der Waals surface area contributed by atoms with Crippen molar-refractivity contribution in [2.45, 2.75) is 5.71 Å². The maximum atomic E-state index is 9.16. The van der Waals surface area contributed by atoms with E-state index in [1.165, 1.54) is 0 Å². The standard InChI is InChI=1S/CH5AsO3.Ag/c1-2(3,4)5;/h1H3,(H2,3,4,5);/p-2. The van der Waals surface area contributed by atoms with Crippen LogP contribution >= 0.6 is 0 Å². The minimum absolute atomic E-state index is 0. The van der Waals surface area contributed by atoms with Gasteiger partial charge in [-0.3, -0.25) is 0 Å². The van der Waals surface area contributed by atoms with Crippen molar-refractivity contribution in [2.75, 3.05) is 0 Å². The van der Waals surface area contributed by atoms with Gasteiger partial charge in [0.15, 0.2) is 0 Å². The van der Waals surface area contributed by atoms with Gasteiger partial charge in [0.05, 0.1) is 0 Å². The van der Waals surface area contributed by atoms with Crippen molar-refractivity contribution < 1.29 is 34.3 Å². The second-order valence-corrected chi connectivity index (χ2v) is 4.01. The zero-order chi connectivity index (χ0) is 4.50. The zero-order valence-corrected chi connectivity index (χ0v) is 6.33. The van der Waals surface area contributed by atoms with Gasteiger partial charge in [-0.1, -0.05) is 0 Å². The predicted molar refractivity (Wildman–Crippen MR) is 12.3 cm³/mol. The first-order valence-electron chi connectivity index (χ1n) is 0.995. The molecule has 0 rings (SSSR count). The summed E-state index contributed by atoms with van der Waals surface area (Å²) in [6.07, 6.45) is 0. The molecule has 0 spiro atoms. The molecule has 0 aromatic heterocycles. The molecule has 0 saturated heterocycles. The maximum Gasteiger partial charge on any atom is 0 e. The summed E-state index contributed by atoms with van der Waals surface area (Å²) in [7, 11) is 0. The smallest absolute Gasteiger partial charge is 0 e. The van der Waals surface area contributed by atoms with Crippen molar-refractivity contribution in [1.82, 2.24) is 0 Å². The summed E-state index contributed by atoms with van der Waals surface area (Å²) in [5.74, 6) is 0. The number of rotatable bonds is 0. The molecule has 0 aliphatic carbocycles. The average Bonchev–Trinajstić information content (AvgIpc) is 0.722. The van der Waals surface area contributed by atoms with Crippen LogP contribution in [0.3, 0.4) is 0 Å². The van der Waals surface area contributed by atoms with Crippen LogP contribution in [-0.2, 0) is 26.1 Å². The molecule has 0 aromatic carbocycles. The molecule has 0 aliphatic heterocycles. The Bertz CT molecular complexity index is 56.9. The van der Waals surface area contributed by atoms with Gasteiger partial charge in [0.1, 0.15) is 0 Å². The van der Waals surface area contributed by atoms with Crippen LogP contribution in [0, 0.1) is 0 Å². The van der Waals surface area contributed by atoms with E-state index < -0.39 is 14.2 Å². The van der Waals surface area contributed by atoms with Crippen LogP contribution in [0.15, 0.2) is 0 Å². The SMILES string of the molecule is C[As](=O)([O-])[O-].[Ag]. The van der Waals surface area contributed by atoms with Crippen LogP contribution in [0.1, 0.15) is 0 Å². The molecule has 0 atom stereocenters. The molecule has 43 valence electrons. The normalized spacial score (nSPS) is 9.83. The average molecular weight is 246 g/mol. The van der Waals surface area contributed by atoms with Gasteiger partial charge in [-0.05, 0) is 0 Å². The van der Waals surface area contributed by atoms with Crippen LogP contribution < -0.4 is 8.19 Å². The summed E-state index contributed by atoms with van der Waals surface area (Å²) in [4.78, 5) is 0. The molecular weight excluding hydrogens is 243 g/mol. The zero-order valence-electron chi connectivity index (χ0n) is 2.97. The summed E-state index contributed by atoms with van der Waals surface area (Å²) in [5, 5.41) is 0. The fraction of sp³-hybridized carbons (Fsp3) is 1.00. The van der Waals surface area contributed by atoms with E-state index in [4.69, 9.17) is 11.9 Å². The molecule has 0 N–H and O–H groups in total. The van der Waals surface area contributed by atoms with Gasteiger partial charge < -0.3 is 0 Å². The molecule has 3 nitrogen and oxygen atoms in total. The largest absolute Gasteiger partial charge is 0 e. The Morgan fingerprint density at radius 3 is 1.50 bits per heavy atom. The first-order chi connectivity index (χ1) is 2.00. The second-order valence-electron chi connectivity index (χ2n) is 0.771. The Hall–Kier alpha value is 1.02. The van der Waals surface area contributed by atoms with Gasteiger partial charge in [0, 0.05) is 22.4 Å². The molecule has 0 amide bonds. The van der Waals surface area contributed by atoms with Crippen LogP contribution in [0.25, 0.3) is 0 Å². The molecule has 0 aromatic rings. The third-order valence-corrected chi connectivity index (χ3v) is 0. The Kier molecular flexibility index (Phi) is 5.18. The van der Waals surface area contributed by atoms with Crippen LogP contribution in [-0.4, -0.2) is 14.2 Å². The van der Waals surface area contributed by atoms with Crippen LogP contribution in [0.4, 0.5) is 0 Å². The quantitative estimate of drug-likeness (QED) is 0.451. The second kappa shape index (κ2) is 3.08. The van der Waals surface area contributed by atoms with E-state index in [9.17, 15) is 0 Å². The molecule has 0 fully saturated rings. The Morgan fingerprint density at radius 1 is 1.50 bits per heavy atom. The molecule has 5 heteroatoms. The van der Waals surface area contributed by atoms with Gasteiger partial charge in [0.25, 0.3) is 0 Å². The van der Waals surface area contributed by atoms with E-state index in [-0.39, 0.29) is 22.4 Å². The molecule has 0 saturated carbocycles. The molecule has 1 radical (unpaired) electrons. The summed E-state index contributed by atoms with van der Waals surface area (Å²) in [5.41, 5.74) is 0.693. The molecular formula is CH3AgAsO3-2. The van der Waals surface area contributed by atoms with Crippen molar-refractivity contribution in [1.29, 1.82) is 0 Å². The monoisotopic (exact) mass is 245 g/mol. The minimum atomic E-state index is -4.62. The number of hydrogen-bond acceptors (Lipinski definition) is 3. The molecule has 0 unspecified atom stereocenters. The van der Waals surface area contributed by atoms with Crippen molar-refractivity contribution in [3.05, 3.63) is 0 Å². The van der Waals surface area contributed by atoms with E-state index in [0.29, 0.717) is 5.71 Å². The maximum absolute atomic E-state index is 9.16. The Labute approximate surface area is 54.3 Å². The van der Waals surface area contributed by atoms with Crippen molar-refractivity contribution in [2.24, 2.45) is 0 Å². The van der Waals surface area contributed by atoms with E-state index >= 15 is 0 Å². The van der Waals surface area contributed by atoms with E-state index in [2.05, 4.69) is 0 Å². The summed E-state index contributed by atoms with van der Waals surface area (Å²) < 4.78 is 27.5. The van der Waals surface area contributed by atoms with Crippen molar-refractivity contribution >= 4 is 14.2 Å². The van der Waals surface area contributed by atoms with Crippen LogP contribution in [0.5, 0.6) is 0 Å². The topological polar surface area (TPSA) is 63.2 Å². The third-order valence-electron chi connectivity index (χ3n) is 0. The third kappa shape index (κ3) is 78.1. The molecule has 6 heavy (non-hydrogen) atoms. The van der Waals surface area contributed by atoms with E-state index in [1.54, 1.807) is 0 Å². The summed E-state index contributed by atoms with van der Waals surface area (Å²) in [6.45, 7) is 0. The van der Waals surface area contributed by atoms with Crippen LogP contribution in [0.2, 0.25) is 5.71 Å². The molecule has 0 aliphatic rings. The van der Waals surface area contributed by atoms with Crippen molar-refractivity contribution in [3.63, 3.8) is 0 Å². The first kappa shape index (κ1) is 10.1. The van der Waals surface area contributed by atoms with Gasteiger partial charge >= 0.3 is 31.8 Å². The van der Waals surface area contributed by atoms with Gasteiger partial charge in [-0.25, -0.2) is 0 Å². The molecule has 0 heterocycles. The number of hydrogen-bond donors (Lipinski definition) is 0.